The molecule has 1 heterocycles. The summed E-state index contributed by atoms with van der Waals surface area (Å²) in [7, 11) is 3.98. The summed E-state index contributed by atoms with van der Waals surface area (Å²) in [6.07, 6.45) is 3.00. The number of rotatable bonds is 6. The van der Waals surface area contributed by atoms with Gasteiger partial charge in [0.05, 0.1) is 11.9 Å². The van der Waals surface area contributed by atoms with Gasteiger partial charge in [0, 0.05) is 32.5 Å². The summed E-state index contributed by atoms with van der Waals surface area (Å²) in [5, 5.41) is 9.37. The minimum absolute atomic E-state index is 0.0270. The Morgan fingerprint density at radius 3 is 2.71 bits per heavy atom. The Morgan fingerprint density at radius 2 is 2.08 bits per heavy atom. The third-order valence-electron chi connectivity index (χ3n) is 3.41. The van der Waals surface area contributed by atoms with E-state index in [0.29, 0.717) is 12.2 Å². The zero-order valence-corrected chi connectivity index (χ0v) is 14.0. The maximum absolute atomic E-state index is 11.9. The van der Waals surface area contributed by atoms with Crippen LogP contribution in [-0.2, 0) is 17.9 Å². The van der Waals surface area contributed by atoms with Crippen LogP contribution in [0, 0.1) is 6.92 Å². The van der Waals surface area contributed by atoms with Crippen molar-refractivity contribution < 1.29 is 9.59 Å². The van der Waals surface area contributed by atoms with Gasteiger partial charge in [-0.1, -0.05) is 12.1 Å². The number of amides is 3. The number of benzene rings is 1. The number of nitrogens with one attached hydrogen (secondary N) is 2. The lowest BCUT2D eigenvalue weighted by Crippen LogP contribution is -2.28. The number of aromatic nitrogens is 2. The van der Waals surface area contributed by atoms with Crippen molar-refractivity contribution in [2.45, 2.75) is 20.0 Å². The smallest absolute Gasteiger partial charge is 0.319 e. The Balaban J connectivity index is 1.88. The van der Waals surface area contributed by atoms with Crippen LogP contribution in [0.1, 0.15) is 11.1 Å². The zero-order chi connectivity index (χ0) is 17.7. The molecule has 3 amide bonds. The third kappa shape index (κ3) is 4.73. The average Bonchev–Trinajstić information content (AvgIpc) is 2.91. The molecule has 4 N–H and O–H groups in total. The molecular formula is C16H22N6O2. The number of nitrogens with two attached hydrogens (primary N) is 1. The lowest BCUT2D eigenvalue weighted by Gasteiger charge is -2.16. The first-order valence-electron chi connectivity index (χ1n) is 7.47. The topological polar surface area (TPSA) is 105 Å². The standard InChI is InChI=1S/C16H22N6O2/c1-11-6-12(4-5-14(11)21(2)3)7-18-16(24)20-13-8-19-22(9-13)10-15(17)23/h4-6,8-9H,7,10H2,1-3H3,(H2,17,23)(H2,18,20,24). The van der Waals surface area contributed by atoms with Gasteiger partial charge in [-0.05, 0) is 24.1 Å². The first kappa shape index (κ1) is 17.3. The number of primary amides is 1. The highest BCUT2D eigenvalue weighted by atomic mass is 16.2. The van der Waals surface area contributed by atoms with Crippen LogP contribution in [0.15, 0.2) is 30.6 Å². The van der Waals surface area contributed by atoms with Crippen molar-refractivity contribution in [3.8, 4) is 0 Å². The van der Waals surface area contributed by atoms with Gasteiger partial charge < -0.3 is 21.3 Å². The molecule has 0 bridgehead atoms. The van der Waals surface area contributed by atoms with Crippen LogP contribution >= 0.6 is 0 Å². The second kappa shape index (κ2) is 7.49. The fourth-order valence-electron chi connectivity index (χ4n) is 2.36. The predicted molar refractivity (Wildman–Crippen MR) is 92.8 cm³/mol. The van der Waals surface area contributed by atoms with Gasteiger partial charge >= 0.3 is 6.03 Å². The van der Waals surface area contributed by atoms with E-state index in [2.05, 4.69) is 15.7 Å². The van der Waals surface area contributed by atoms with Crippen LogP contribution in [0.3, 0.4) is 0 Å². The second-order valence-corrected chi connectivity index (χ2v) is 5.72. The number of carbonyl (C=O) groups excluding carboxylic acids is 2. The Hall–Kier alpha value is -3.03. The van der Waals surface area contributed by atoms with Gasteiger partial charge in [0.1, 0.15) is 6.54 Å². The molecule has 0 aliphatic rings. The third-order valence-corrected chi connectivity index (χ3v) is 3.41. The number of hydrogen-bond donors (Lipinski definition) is 3. The largest absolute Gasteiger partial charge is 0.377 e. The molecule has 0 aliphatic heterocycles. The first-order chi connectivity index (χ1) is 11.3. The summed E-state index contributed by atoms with van der Waals surface area (Å²) in [4.78, 5) is 24.8. The van der Waals surface area contributed by atoms with Gasteiger partial charge in [-0.15, -0.1) is 0 Å². The molecular weight excluding hydrogens is 308 g/mol. The van der Waals surface area contributed by atoms with E-state index in [1.165, 1.54) is 10.9 Å². The number of anilines is 2. The van der Waals surface area contributed by atoms with Gasteiger partial charge in [0.2, 0.25) is 5.91 Å². The molecule has 0 radical (unpaired) electrons. The van der Waals surface area contributed by atoms with Crippen LogP contribution in [0.5, 0.6) is 0 Å². The van der Waals surface area contributed by atoms with Crippen LogP contribution < -0.4 is 21.3 Å². The number of urea groups is 1. The predicted octanol–water partition coefficient (Wildman–Crippen LogP) is 1.06. The highest BCUT2D eigenvalue weighted by molar-refractivity contribution is 5.88. The molecule has 0 saturated heterocycles. The lowest BCUT2D eigenvalue weighted by atomic mass is 10.1. The number of nitrogens with zero attached hydrogens (tertiary/aromatic N) is 3. The van der Waals surface area contributed by atoms with Crippen molar-refractivity contribution in [3.63, 3.8) is 0 Å². The minimum Gasteiger partial charge on any atom is -0.377 e. The van der Waals surface area contributed by atoms with Crippen molar-refractivity contribution >= 4 is 23.3 Å². The van der Waals surface area contributed by atoms with Crippen molar-refractivity contribution in [1.29, 1.82) is 0 Å². The maximum Gasteiger partial charge on any atom is 0.319 e. The molecule has 2 aromatic rings. The highest BCUT2D eigenvalue weighted by Crippen LogP contribution is 2.18. The molecule has 0 atom stereocenters. The van der Waals surface area contributed by atoms with Gasteiger partial charge in [0.15, 0.2) is 0 Å². The van der Waals surface area contributed by atoms with Crippen molar-refractivity contribution in [2.24, 2.45) is 5.73 Å². The van der Waals surface area contributed by atoms with E-state index in [9.17, 15) is 9.59 Å². The summed E-state index contributed by atoms with van der Waals surface area (Å²) < 4.78 is 1.36. The Labute approximate surface area is 140 Å². The summed E-state index contributed by atoms with van der Waals surface area (Å²) in [5.41, 5.74) is 8.88. The van der Waals surface area contributed by atoms with Gasteiger partial charge in [-0.3, -0.25) is 9.48 Å². The molecule has 1 aromatic carbocycles. The van der Waals surface area contributed by atoms with E-state index in [0.717, 1.165) is 16.8 Å². The Kier molecular flexibility index (Phi) is 5.41. The number of aryl methyl sites for hydroxylation is 1. The van der Waals surface area contributed by atoms with Gasteiger partial charge in [-0.2, -0.15) is 5.10 Å². The Morgan fingerprint density at radius 1 is 1.33 bits per heavy atom. The van der Waals surface area contributed by atoms with Crippen LogP contribution in [-0.4, -0.2) is 35.8 Å². The number of hydrogen-bond acceptors (Lipinski definition) is 4. The van der Waals surface area contributed by atoms with Crippen molar-refractivity contribution in [2.75, 3.05) is 24.3 Å². The van der Waals surface area contributed by atoms with Gasteiger partial charge in [0.25, 0.3) is 0 Å². The summed E-state index contributed by atoms with van der Waals surface area (Å²) in [6.45, 7) is 2.42. The van der Waals surface area contributed by atoms with Crippen molar-refractivity contribution in [1.82, 2.24) is 15.1 Å². The SMILES string of the molecule is Cc1cc(CNC(=O)Nc2cnn(CC(N)=O)c2)ccc1N(C)C. The number of carbonyl (C=O) groups is 2. The fourth-order valence-corrected chi connectivity index (χ4v) is 2.36. The van der Waals surface area contributed by atoms with E-state index < -0.39 is 5.91 Å². The molecule has 1 aromatic heterocycles. The molecule has 0 aliphatic carbocycles. The van der Waals surface area contributed by atoms with Crippen molar-refractivity contribution in [3.05, 3.63) is 41.7 Å². The lowest BCUT2D eigenvalue weighted by molar-refractivity contribution is -0.118. The molecule has 0 saturated carbocycles. The monoisotopic (exact) mass is 330 g/mol. The molecule has 0 spiro atoms. The van der Waals surface area contributed by atoms with E-state index in [-0.39, 0.29) is 12.6 Å². The molecule has 8 heteroatoms. The average molecular weight is 330 g/mol. The quantitative estimate of drug-likeness (QED) is 0.736. The van der Waals surface area contributed by atoms with E-state index >= 15 is 0 Å². The molecule has 0 unspecified atom stereocenters. The minimum atomic E-state index is -0.495. The second-order valence-electron chi connectivity index (χ2n) is 5.72. The van der Waals surface area contributed by atoms with E-state index in [1.807, 2.05) is 44.1 Å². The summed E-state index contributed by atoms with van der Waals surface area (Å²) >= 11 is 0. The molecule has 8 nitrogen and oxygen atoms in total. The highest BCUT2D eigenvalue weighted by Gasteiger charge is 2.07. The van der Waals surface area contributed by atoms with Crippen LogP contribution in [0.2, 0.25) is 0 Å². The summed E-state index contributed by atoms with van der Waals surface area (Å²) in [6, 6.07) is 5.70. The van der Waals surface area contributed by atoms with E-state index in [4.69, 9.17) is 5.73 Å². The molecule has 0 fully saturated rings. The summed E-state index contributed by atoms with van der Waals surface area (Å²) in [5.74, 6) is -0.495. The zero-order valence-electron chi connectivity index (χ0n) is 14.0. The van der Waals surface area contributed by atoms with Crippen LogP contribution in [0.25, 0.3) is 0 Å². The Bertz CT molecular complexity index is 738. The first-order valence-corrected chi connectivity index (χ1v) is 7.47. The molecule has 128 valence electrons. The van der Waals surface area contributed by atoms with Crippen LogP contribution in [0.4, 0.5) is 16.2 Å². The fraction of sp³-hybridized carbons (Fsp3) is 0.312. The molecule has 2 rings (SSSR count). The maximum atomic E-state index is 11.9. The van der Waals surface area contributed by atoms with E-state index in [1.54, 1.807) is 6.20 Å². The van der Waals surface area contributed by atoms with Gasteiger partial charge in [-0.25, -0.2) is 4.79 Å². The normalized spacial score (nSPS) is 10.3. The molecule has 24 heavy (non-hydrogen) atoms.